The molecule has 0 aliphatic carbocycles. The number of fused-ring (bicyclic) bond motifs is 1. The van der Waals surface area contributed by atoms with E-state index in [-0.39, 0.29) is 20.2 Å². The highest BCUT2D eigenvalue weighted by Gasteiger charge is 2.27. The van der Waals surface area contributed by atoms with Crippen molar-refractivity contribution in [3.05, 3.63) is 95.1 Å². The van der Waals surface area contributed by atoms with Gasteiger partial charge in [0, 0.05) is 11.6 Å². The van der Waals surface area contributed by atoms with Gasteiger partial charge >= 0.3 is 5.97 Å². The number of hydrogen-bond donors (Lipinski definition) is 0. The molecule has 0 bridgehead atoms. The fraction of sp³-hybridized carbons (Fsp3) is 0.208. The lowest BCUT2D eigenvalue weighted by Crippen LogP contribution is -2.08. The van der Waals surface area contributed by atoms with Gasteiger partial charge in [0.15, 0.2) is 13.6 Å². The van der Waals surface area contributed by atoms with E-state index in [9.17, 15) is 4.79 Å². The average molecular weight is 406 g/mol. The van der Waals surface area contributed by atoms with Crippen LogP contribution in [0.5, 0.6) is 11.5 Å². The van der Waals surface area contributed by atoms with Gasteiger partial charge in [0.25, 0.3) is 0 Å². The standard InChI is InChI=1S/C24H22O6/c25-24-23-20(15-28-24)11-21(29-16-26-13-18-7-3-1-4-8-18)12-22(23)30-17-27-14-19-9-5-2-6-10-19/h1-12H,13-17H2. The summed E-state index contributed by atoms with van der Waals surface area (Å²) in [6.45, 7) is 1.13. The third-order valence-corrected chi connectivity index (χ3v) is 4.55. The molecular formula is C24H22O6. The number of carbonyl (C=O) groups is 1. The van der Waals surface area contributed by atoms with Crippen LogP contribution in [0.15, 0.2) is 72.8 Å². The summed E-state index contributed by atoms with van der Waals surface area (Å²) in [6, 6.07) is 23.1. The van der Waals surface area contributed by atoms with Crippen LogP contribution >= 0.6 is 0 Å². The first-order valence-electron chi connectivity index (χ1n) is 9.62. The molecule has 154 valence electrons. The quantitative estimate of drug-likeness (QED) is 0.281. The summed E-state index contributed by atoms with van der Waals surface area (Å²) in [5, 5.41) is 0. The zero-order valence-electron chi connectivity index (χ0n) is 16.4. The summed E-state index contributed by atoms with van der Waals surface area (Å²) in [5.74, 6) is 0.509. The van der Waals surface area contributed by atoms with Crippen LogP contribution in [0.2, 0.25) is 0 Å². The van der Waals surface area contributed by atoms with Gasteiger partial charge in [0.05, 0.1) is 13.2 Å². The fourth-order valence-corrected chi connectivity index (χ4v) is 3.09. The highest BCUT2D eigenvalue weighted by Crippen LogP contribution is 2.34. The Balaban J connectivity index is 1.33. The van der Waals surface area contributed by atoms with Crippen molar-refractivity contribution in [2.45, 2.75) is 19.8 Å². The molecule has 0 amide bonds. The largest absolute Gasteiger partial charge is 0.467 e. The molecule has 1 aliphatic rings. The summed E-state index contributed by atoms with van der Waals surface area (Å²) < 4.78 is 27.7. The predicted molar refractivity (Wildman–Crippen MR) is 109 cm³/mol. The molecule has 0 N–H and O–H groups in total. The number of benzene rings is 3. The van der Waals surface area contributed by atoms with Crippen molar-refractivity contribution < 1.29 is 28.5 Å². The van der Waals surface area contributed by atoms with Crippen LogP contribution in [-0.4, -0.2) is 19.6 Å². The van der Waals surface area contributed by atoms with E-state index in [2.05, 4.69) is 0 Å². The van der Waals surface area contributed by atoms with Crippen LogP contribution in [0.4, 0.5) is 0 Å². The van der Waals surface area contributed by atoms with Crippen molar-refractivity contribution in [1.29, 1.82) is 0 Å². The highest BCUT2D eigenvalue weighted by atomic mass is 16.7. The van der Waals surface area contributed by atoms with Crippen LogP contribution < -0.4 is 9.47 Å². The molecule has 4 rings (SSSR count). The SMILES string of the molecule is O=C1OCc2cc(OCOCc3ccccc3)cc(OCOCc3ccccc3)c21. The molecule has 0 saturated carbocycles. The number of hydrogen-bond acceptors (Lipinski definition) is 6. The zero-order chi connectivity index (χ0) is 20.6. The second kappa shape index (κ2) is 9.91. The number of esters is 1. The molecule has 0 spiro atoms. The van der Waals surface area contributed by atoms with Crippen LogP contribution in [-0.2, 0) is 34.0 Å². The Bertz CT molecular complexity index is 972. The lowest BCUT2D eigenvalue weighted by molar-refractivity contribution is 0.000850. The predicted octanol–water partition coefficient (Wildman–Crippen LogP) is 4.46. The van der Waals surface area contributed by atoms with E-state index in [0.29, 0.717) is 30.3 Å². The fourth-order valence-electron chi connectivity index (χ4n) is 3.09. The van der Waals surface area contributed by atoms with E-state index in [1.54, 1.807) is 12.1 Å². The lowest BCUT2D eigenvalue weighted by Gasteiger charge is -2.13. The summed E-state index contributed by atoms with van der Waals surface area (Å²) in [7, 11) is 0. The molecule has 1 heterocycles. The van der Waals surface area contributed by atoms with E-state index in [4.69, 9.17) is 23.7 Å². The van der Waals surface area contributed by atoms with Crippen molar-refractivity contribution in [1.82, 2.24) is 0 Å². The molecule has 0 unspecified atom stereocenters. The summed E-state index contributed by atoms with van der Waals surface area (Å²) in [4.78, 5) is 12.1. The summed E-state index contributed by atoms with van der Waals surface area (Å²) in [6.07, 6.45) is 0. The van der Waals surface area contributed by atoms with Gasteiger partial charge in [-0.15, -0.1) is 0 Å². The lowest BCUT2D eigenvalue weighted by atomic mass is 10.1. The number of carbonyl (C=O) groups excluding carboxylic acids is 1. The summed E-state index contributed by atoms with van der Waals surface area (Å²) >= 11 is 0. The third-order valence-electron chi connectivity index (χ3n) is 4.55. The molecule has 1 aliphatic heterocycles. The smallest absolute Gasteiger partial charge is 0.342 e. The van der Waals surface area contributed by atoms with E-state index in [1.807, 2.05) is 60.7 Å². The van der Waals surface area contributed by atoms with Gasteiger partial charge < -0.3 is 23.7 Å². The van der Waals surface area contributed by atoms with E-state index < -0.39 is 5.97 Å². The molecule has 0 atom stereocenters. The molecule has 0 saturated heterocycles. The topological polar surface area (TPSA) is 63.2 Å². The molecule has 30 heavy (non-hydrogen) atoms. The van der Waals surface area contributed by atoms with E-state index in [1.165, 1.54) is 0 Å². The highest BCUT2D eigenvalue weighted by molar-refractivity contribution is 5.96. The minimum Gasteiger partial charge on any atom is -0.467 e. The minimum atomic E-state index is -0.407. The van der Waals surface area contributed by atoms with Crippen LogP contribution in [0.25, 0.3) is 0 Å². The molecule has 0 fully saturated rings. The Kier molecular flexibility index (Phi) is 6.59. The van der Waals surface area contributed by atoms with Gasteiger partial charge in [-0.05, 0) is 17.2 Å². The Morgan fingerprint density at radius 1 is 0.767 bits per heavy atom. The molecule has 0 aromatic heterocycles. The molecule has 6 nitrogen and oxygen atoms in total. The van der Waals surface area contributed by atoms with Crippen molar-refractivity contribution in [3.63, 3.8) is 0 Å². The van der Waals surface area contributed by atoms with Gasteiger partial charge in [0.1, 0.15) is 23.7 Å². The third kappa shape index (κ3) is 5.17. The summed E-state index contributed by atoms with van der Waals surface area (Å²) in [5.41, 5.74) is 3.24. The maximum absolute atomic E-state index is 12.1. The molecule has 3 aromatic rings. The minimum absolute atomic E-state index is 0.00255. The first-order valence-corrected chi connectivity index (χ1v) is 9.62. The number of cyclic esters (lactones) is 1. The van der Waals surface area contributed by atoms with Crippen molar-refractivity contribution in [2.24, 2.45) is 0 Å². The second-order valence-corrected chi connectivity index (χ2v) is 6.72. The normalized spacial score (nSPS) is 12.3. The van der Waals surface area contributed by atoms with Crippen molar-refractivity contribution in [3.8, 4) is 11.5 Å². The van der Waals surface area contributed by atoms with Gasteiger partial charge in [-0.25, -0.2) is 4.79 Å². The van der Waals surface area contributed by atoms with Gasteiger partial charge in [-0.2, -0.15) is 0 Å². The maximum atomic E-state index is 12.1. The first-order chi connectivity index (χ1) is 14.8. The monoisotopic (exact) mass is 406 g/mol. The van der Waals surface area contributed by atoms with Gasteiger partial charge in [0.2, 0.25) is 0 Å². The molecule has 3 aromatic carbocycles. The van der Waals surface area contributed by atoms with Crippen LogP contribution in [0.3, 0.4) is 0 Å². The van der Waals surface area contributed by atoms with E-state index >= 15 is 0 Å². The number of ether oxygens (including phenoxy) is 5. The van der Waals surface area contributed by atoms with Crippen molar-refractivity contribution >= 4 is 5.97 Å². The maximum Gasteiger partial charge on any atom is 0.342 e. The molecular weight excluding hydrogens is 384 g/mol. The van der Waals surface area contributed by atoms with Crippen molar-refractivity contribution in [2.75, 3.05) is 13.6 Å². The first kappa shape index (κ1) is 19.9. The molecule has 0 radical (unpaired) electrons. The Labute approximate surface area is 174 Å². The van der Waals surface area contributed by atoms with Gasteiger partial charge in [-0.3, -0.25) is 0 Å². The zero-order valence-corrected chi connectivity index (χ0v) is 16.4. The Hall–Kier alpha value is -3.35. The van der Waals surface area contributed by atoms with Gasteiger partial charge in [-0.1, -0.05) is 60.7 Å². The molecule has 6 heteroatoms. The second-order valence-electron chi connectivity index (χ2n) is 6.72. The average Bonchev–Trinajstić information content (AvgIpc) is 3.16. The van der Waals surface area contributed by atoms with Crippen LogP contribution in [0, 0.1) is 0 Å². The number of rotatable bonds is 10. The van der Waals surface area contributed by atoms with E-state index in [0.717, 1.165) is 16.7 Å². The van der Waals surface area contributed by atoms with Crippen LogP contribution in [0.1, 0.15) is 27.0 Å². The Morgan fingerprint density at radius 3 is 2.00 bits per heavy atom. The Morgan fingerprint density at radius 2 is 1.37 bits per heavy atom.